The number of amides is 1. The monoisotopic (exact) mass is 325 g/mol. The van der Waals surface area contributed by atoms with Crippen LogP contribution in [0.1, 0.15) is 30.1 Å². The Morgan fingerprint density at radius 2 is 2.08 bits per heavy atom. The zero-order chi connectivity index (χ0) is 16.9. The number of nitrogens with zero attached hydrogens (tertiary/aromatic N) is 2. The van der Waals surface area contributed by atoms with Gasteiger partial charge in [0.2, 0.25) is 0 Å². The molecule has 0 radical (unpaired) electrons. The molecule has 1 aliphatic heterocycles. The molecule has 1 aliphatic rings. The van der Waals surface area contributed by atoms with Gasteiger partial charge < -0.3 is 15.4 Å². The zero-order valence-corrected chi connectivity index (χ0v) is 13.9. The van der Waals surface area contributed by atoms with Gasteiger partial charge in [-0.1, -0.05) is 0 Å². The minimum absolute atomic E-state index is 0.0632. The van der Waals surface area contributed by atoms with Crippen molar-refractivity contribution in [2.24, 2.45) is 11.7 Å². The lowest BCUT2D eigenvalue weighted by atomic mass is 9.92. The highest BCUT2D eigenvalue weighted by atomic mass is 16.5. The fourth-order valence-electron chi connectivity index (χ4n) is 3.02. The summed E-state index contributed by atoms with van der Waals surface area (Å²) < 4.78 is 5.70. The molecule has 0 bridgehead atoms. The molecule has 0 spiro atoms. The highest BCUT2D eigenvalue weighted by Crippen LogP contribution is 2.23. The Labute approximate surface area is 142 Å². The molecule has 2 aromatic rings. The zero-order valence-electron chi connectivity index (χ0n) is 13.9. The fraction of sp³-hybridized carbons (Fsp3) is 0.368. The molecule has 24 heavy (non-hydrogen) atoms. The van der Waals surface area contributed by atoms with E-state index in [-0.39, 0.29) is 11.9 Å². The number of rotatable bonds is 4. The van der Waals surface area contributed by atoms with E-state index in [9.17, 15) is 4.79 Å². The molecule has 0 aliphatic carbocycles. The van der Waals surface area contributed by atoms with E-state index in [1.165, 1.54) is 0 Å². The summed E-state index contributed by atoms with van der Waals surface area (Å²) in [5, 5.41) is 0. The summed E-state index contributed by atoms with van der Waals surface area (Å²) >= 11 is 0. The Hall–Kier alpha value is -2.40. The third-order valence-electron chi connectivity index (χ3n) is 4.46. The number of hydrogen-bond donors (Lipinski definition) is 1. The summed E-state index contributed by atoms with van der Waals surface area (Å²) in [7, 11) is 0. The van der Waals surface area contributed by atoms with Crippen LogP contribution in [0.25, 0.3) is 0 Å². The summed E-state index contributed by atoms with van der Waals surface area (Å²) in [5.41, 5.74) is 6.68. The third-order valence-corrected chi connectivity index (χ3v) is 4.46. The Morgan fingerprint density at radius 1 is 1.29 bits per heavy atom. The maximum absolute atomic E-state index is 12.7. The lowest BCUT2D eigenvalue weighted by molar-refractivity contribution is 0.0661. The molecule has 2 atom stereocenters. The second-order valence-electron chi connectivity index (χ2n) is 6.33. The van der Waals surface area contributed by atoms with Gasteiger partial charge in [-0.15, -0.1) is 0 Å². The number of likely N-dealkylation sites (tertiary alicyclic amines) is 1. The predicted octanol–water partition coefficient (Wildman–Crippen LogP) is 3.07. The molecular formula is C19H23N3O2. The van der Waals surface area contributed by atoms with E-state index < -0.39 is 0 Å². The number of carbonyl (C=O) groups excluding carboxylic acids is 1. The van der Waals surface area contributed by atoms with Gasteiger partial charge in [0.25, 0.3) is 5.91 Å². The van der Waals surface area contributed by atoms with Gasteiger partial charge in [0.1, 0.15) is 11.5 Å². The summed E-state index contributed by atoms with van der Waals surface area (Å²) in [5.74, 6) is 1.81. The smallest absolute Gasteiger partial charge is 0.253 e. The molecule has 2 N–H and O–H groups in total. The van der Waals surface area contributed by atoms with Gasteiger partial charge in [0.15, 0.2) is 0 Å². The summed E-state index contributed by atoms with van der Waals surface area (Å²) in [6.07, 6.45) is 5.46. The van der Waals surface area contributed by atoms with E-state index in [0.717, 1.165) is 25.9 Å². The molecule has 5 nitrogen and oxygen atoms in total. The number of pyridine rings is 1. The number of ether oxygens (including phenoxy) is 1. The molecular weight excluding hydrogens is 302 g/mol. The highest BCUT2D eigenvalue weighted by molar-refractivity contribution is 5.94. The van der Waals surface area contributed by atoms with Crippen molar-refractivity contribution in [1.29, 1.82) is 0 Å². The second-order valence-corrected chi connectivity index (χ2v) is 6.33. The van der Waals surface area contributed by atoms with Crippen LogP contribution in [0.4, 0.5) is 0 Å². The fourth-order valence-corrected chi connectivity index (χ4v) is 3.02. The van der Waals surface area contributed by atoms with Crippen molar-refractivity contribution in [2.45, 2.75) is 25.8 Å². The average Bonchev–Trinajstić information content (AvgIpc) is 2.63. The number of hydrogen-bond acceptors (Lipinski definition) is 4. The molecule has 2 heterocycles. The number of benzene rings is 1. The molecule has 1 aromatic heterocycles. The first-order valence-corrected chi connectivity index (χ1v) is 8.36. The minimum Gasteiger partial charge on any atom is -0.456 e. The van der Waals surface area contributed by atoms with Crippen LogP contribution in [0.3, 0.4) is 0 Å². The Morgan fingerprint density at radius 3 is 2.75 bits per heavy atom. The molecule has 1 fully saturated rings. The highest BCUT2D eigenvalue weighted by Gasteiger charge is 2.26. The van der Waals surface area contributed by atoms with E-state index in [0.29, 0.717) is 23.0 Å². The predicted molar refractivity (Wildman–Crippen MR) is 93.0 cm³/mol. The van der Waals surface area contributed by atoms with Gasteiger partial charge in [-0.2, -0.15) is 0 Å². The number of nitrogens with two attached hydrogens (primary N) is 1. The van der Waals surface area contributed by atoms with Crippen LogP contribution in [0.5, 0.6) is 11.5 Å². The van der Waals surface area contributed by atoms with E-state index in [2.05, 4.69) is 4.98 Å². The van der Waals surface area contributed by atoms with Crippen molar-refractivity contribution >= 4 is 5.91 Å². The molecule has 1 amide bonds. The van der Waals surface area contributed by atoms with Crippen molar-refractivity contribution in [1.82, 2.24) is 9.88 Å². The standard InChI is InChI=1S/C19H23N3O2/c1-14(20)16-4-3-11-22(13-16)19(23)15-6-8-17(9-7-15)24-18-5-2-10-21-12-18/h2,5-10,12,14,16H,3-4,11,13,20H2,1H3/t14-,16-/m1/s1. The van der Waals surface area contributed by atoms with Crippen LogP contribution >= 0.6 is 0 Å². The molecule has 126 valence electrons. The van der Waals surface area contributed by atoms with Crippen LogP contribution in [0.15, 0.2) is 48.8 Å². The van der Waals surface area contributed by atoms with E-state index in [1.807, 2.05) is 48.2 Å². The van der Waals surface area contributed by atoms with Gasteiger partial charge in [0.05, 0.1) is 6.20 Å². The number of piperidine rings is 1. The normalized spacial score (nSPS) is 18.9. The van der Waals surface area contributed by atoms with Crippen molar-refractivity contribution in [3.05, 3.63) is 54.4 Å². The van der Waals surface area contributed by atoms with Crippen LogP contribution < -0.4 is 10.5 Å². The number of aromatic nitrogens is 1. The molecule has 3 rings (SSSR count). The Balaban J connectivity index is 1.65. The van der Waals surface area contributed by atoms with Gasteiger partial charge >= 0.3 is 0 Å². The first-order chi connectivity index (χ1) is 11.6. The first-order valence-electron chi connectivity index (χ1n) is 8.36. The lowest BCUT2D eigenvalue weighted by Crippen LogP contribution is -2.45. The van der Waals surface area contributed by atoms with Gasteiger partial charge in [-0.3, -0.25) is 9.78 Å². The average molecular weight is 325 g/mol. The van der Waals surface area contributed by atoms with E-state index in [4.69, 9.17) is 10.5 Å². The van der Waals surface area contributed by atoms with Crippen LogP contribution in [-0.2, 0) is 0 Å². The molecule has 1 aromatic carbocycles. The lowest BCUT2D eigenvalue weighted by Gasteiger charge is -2.34. The van der Waals surface area contributed by atoms with Gasteiger partial charge in [-0.05, 0) is 62.1 Å². The molecule has 5 heteroatoms. The molecule has 1 saturated heterocycles. The Bertz CT molecular complexity index is 671. The summed E-state index contributed by atoms with van der Waals surface area (Å²) in [4.78, 5) is 18.6. The van der Waals surface area contributed by atoms with Crippen LogP contribution in [0.2, 0.25) is 0 Å². The SMILES string of the molecule is C[C@@H](N)[C@@H]1CCCN(C(=O)c2ccc(Oc3cccnc3)cc2)C1. The van der Waals surface area contributed by atoms with Gasteiger partial charge in [-0.25, -0.2) is 0 Å². The Kier molecular flexibility index (Phi) is 5.11. The maximum Gasteiger partial charge on any atom is 0.253 e. The van der Waals surface area contributed by atoms with Crippen molar-refractivity contribution < 1.29 is 9.53 Å². The summed E-state index contributed by atoms with van der Waals surface area (Å²) in [6.45, 7) is 3.56. The van der Waals surface area contributed by atoms with E-state index >= 15 is 0 Å². The van der Waals surface area contributed by atoms with Crippen molar-refractivity contribution in [3.63, 3.8) is 0 Å². The summed E-state index contributed by atoms with van der Waals surface area (Å²) in [6, 6.07) is 11.0. The molecule has 0 unspecified atom stereocenters. The number of carbonyl (C=O) groups is 1. The molecule has 0 saturated carbocycles. The largest absolute Gasteiger partial charge is 0.456 e. The minimum atomic E-state index is 0.0632. The van der Waals surface area contributed by atoms with Crippen LogP contribution in [-0.4, -0.2) is 34.9 Å². The van der Waals surface area contributed by atoms with Crippen LogP contribution in [0, 0.1) is 5.92 Å². The third kappa shape index (κ3) is 3.92. The van der Waals surface area contributed by atoms with Crippen molar-refractivity contribution in [2.75, 3.05) is 13.1 Å². The topological polar surface area (TPSA) is 68.5 Å². The van der Waals surface area contributed by atoms with Gasteiger partial charge in [0, 0.05) is 30.9 Å². The quantitative estimate of drug-likeness (QED) is 0.938. The first kappa shape index (κ1) is 16.5. The maximum atomic E-state index is 12.7. The van der Waals surface area contributed by atoms with Crippen molar-refractivity contribution in [3.8, 4) is 11.5 Å². The second kappa shape index (κ2) is 7.45. The van der Waals surface area contributed by atoms with E-state index in [1.54, 1.807) is 12.4 Å².